The van der Waals surface area contributed by atoms with E-state index in [9.17, 15) is 9.18 Å². The Morgan fingerprint density at radius 1 is 1.57 bits per heavy atom. The van der Waals surface area contributed by atoms with E-state index >= 15 is 0 Å². The van der Waals surface area contributed by atoms with Gasteiger partial charge in [-0.2, -0.15) is 0 Å². The second-order valence-corrected chi connectivity index (χ2v) is 3.81. The maximum Gasteiger partial charge on any atom is 0.231 e. The molecule has 1 aromatic rings. The van der Waals surface area contributed by atoms with Gasteiger partial charge in [0.25, 0.3) is 0 Å². The maximum atomic E-state index is 12.9. The van der Waals surface area contributed by atoms with Crippen LogP contribution in [0.2, 0.25) is 0 Å². The minimum Gasteiger partial charge on any atom is -0.280 e. The molecule has 1 nitrogen and oxygen atoms in total. The lowest BCUT2D eigenvalue weighted by Gasteiger charge is -2.23. The molecule has 0 aliphatic carbocycles. The number of halogens is 2. The van der Waals surface area contributed by atoms with Gasteiger partial charge in [-0.05, 0) is 42.6 Å². The second kappa shape index (κ2) is 4.09. The van der Waals surface area contributed by atoms with Crippen LogP contribution in [0, 0.1) is 5.82 Å². The van der Waals surface area contributed by atoms with Crippen molar-refractivity contribution in [1.29, 1.82) is 0 Å². The second-order valence-electron chi connectivity index (χ2n) is 3.47. The number of carbonyl (C=O) groups is 1. The molecule has 0 aromatic heterocycles. The highest BCUT2D eigenvalue weighted by atomic mass is 35.5. The van der Waals surface area contributed by atoms with Gasteiger partial charge >= 0.3 is 0 Å². The highest BCUT2D eigenvalue weighted by Gasteiger charge is 2.31. The Morgan fingerprint density at radius 2 is 2.21 bits per heavy atom. The number of carbonyl (C=O) groups excluding carboxylic acids is 1. The van der Waals surface area contributed by atoms with Gasteiger partial charge in [0, 0.05) is 0 Å². The molecule has 0 heterocycles. The Balaban J connectivity index is 3.19. The van der Waals surface area contributed by atoms with Crippen LogP contribution < -0.4 is 0 Å². The highest BCUT2D eigenvalue weighted by molar-refractivity contribution is 6.65. The molecular formula is C11H12ClFO. The zero-order chi connectivity index (χ0) is 10.8. The van der Waals surface area contributed by atoms with Crippen LogP contribution in [0.1, 0.15) is 25.8 Å². The van der Waals surface area contributed by atoms with E-state index in [4.69, 9.17) is 11.6 Å². The summed E-state index contributed by atoms with van der Waals surface area (Å²) in [6, 6.07) is 5.99. The lowest BCUT2D eigenvalue weighted by atomic mass is 9.81. The molecule has 0 aliphatic rings. The van der Waals surface area contributed by atoms with E-state index in [1.54, 1.807) is 19.1 Å². The number of benzene rings is 1. The number of hydrogen-bond acceptors (Lipinski definition) is 1. The van der Waals surface area contributed by atoms with Gasteiger partial charge in [-0.15, -0.1) is 0 Å². The lowest BCUT2D eigenvalue weighted by Crippen LogP contribution is -2.28. The summed E-state index contributed by atoms with van der Waals surface area (Å²) in [6.07, 6.45) is 0.554. The van der Waals surface area contributed by atoms with E-state index in [1.807, 2.05) is 6.92 Å². The van der Waals surface area contributed by atoms with Crippen molar-refractivity contribution >= 4 is 16.8 Å². The largest absolute Gasteiger partial charge is 0.280 e. The smallest absolute Gasteiger partial charge is 0.231 e. The van der Waals surface area contributed by atoms with Crippen LogP contribution in [-0.4, -0.2) is 5.24 Å². The lowest BCUT2D eigenvalue weighted by molar-refractivity contribution is -0.116. The summed E-state index contributed by atoms with van der Waals surface area (Å²) in [7, 11) is 0. The molecule has 3 heteroatoms. The van der Waals surface area contributed by atoms with Crippen molar-refractivity contribution in [2.45, 2.75) is 25.7 Å². The highest BCUT2D eigenvalue weighted by Crippen LogP contribution is 2.30. The van der Waals surface area contributed by atoms with Gasteiger partial charge in [0.05, 0.1) is 5.41 Å². The van der Waals surface area contributed by atoms with E-state index in [-0.39, 0.29) is 5.82 Å². The molecule has 0 aliphatic heterocycles. The fraction of sp³-hybridized carbons (Fsp3) is 0.364. The third-order valence-electron chi connectivity index (χ3n) is 2.60. The standard InChI is InChI=1S/C11H12ClFO/c1-3-11(2,10(12)14)8-5-4-6-9(13)7-8/h4-7H,3H2,1-2H3. The van der Waals surface area contributed by atoms with Gasteiger partial charge in [0.2, 0.25) is 5.24 Å². The van der Waals surface area contributed by atoms with Crippen LogP contribution in [0.3, 0.4) is 0 Å². The predicted molar refractivity (Wildman–Crippen MR) is 54.9 cm³/mol. The summed E-state index contributed by atoms with van der Waals surface area (Å²) in [5.74, 6) is -0.347. The molecular weight excluding hydrogens is 203 g/mol. The summed E-state index contributed by atoms with van der Waals surface area (Å²) in [4.78, 5) is 11.3. The number of rotatable bonds is 3. The summed E-state index contributed by atoms with van der Waals surface area (Å²) >= 11 is 5.51. The molecule has 0 saturated heterocycles. The minimum absolute atomic E-state index is 0.347. The van der Waals surface area contributed by atoms with Crippen LogP contribution in [0.4, 0.5) is 4.39 Å². The number of hydrogen-bond donors (Lipinski definition) is 0. The van der Waals surface area contributed by atoms with Gasteiger partial charge < -0.3 is 0 Å². The Morgan fingerprint density at radius 3 is 2.64 bits per heavy atom. The first-order valence-corrected chi connectivity index (χ1v) is 4.84. The first-order valence-electron chi connectivity index (χ1n) is 4.46. The average molecular weight is 215 g/mol. The van der Waals surface area contributed by atoms with Gasteiger partial charge in [-0.3, -0.25) is 4.79 Å². The third kappa shape index (κ3) is 1.95. The normalized spacial score (nSPS) is 14.9. The van der Waals surface area contributed by atoms with Crippen molar-refractivity contribution in [3.8, 4) is 0 Å². The van der Waals surface area contributed by atoms with Gasteiger partial charge in [-0.1, -0.05) is 19.1 Å². The molecule has 1 atom stereocenters. The van der Waals surface area contributed by atoms with Gasteiger partial charge in [0.1, 0.15) is 5.82 Å². The molecule has 1 aromatic carbocycles. The van der Waals surface area contributed by atoms with Crippen molar-refractivity contribution in [3.05, 3.63) is 35.6 Å². The van der Waals surface area contributed by atoms with Crippen LogP contribution in [0.15, 0.2) is 24.3 Å². The molecule has 0 bridgehead atoms. The first kappa shape index (κ1) is 11.2. The zero-order valence-electron chi connectivity index (χ0n) is 8.18. The first-order chi connectivity index (χ1) is 6.50. The molecule has 0 radical (unpaired) electrons. The van der Waals surface area contributed by atoms with Crippen molar-refractivity contribution in [2.24, 2.45) is 0 Å². The topological polar surface area (TPSA) is 17.1 Å². The molecule has 0 N–H and O–H groups in total. The fourth-order valence-electron chi connectivity index (χ4n) is 1.29. The summed E-state index contributed by atoms with van der Waals surface area (Å²) in [6.45, 7) is 3.57. The molecule has 0 saturated carbocycles. The van der Waals surface area contributed by atoms with Crippen LogP contribution >= 0.6 is 11.6 Å². The predicted octanol–water partition coefficient (Wildman–Crippen LogP) is 3.26. The van der Waals surface area contributed by atoms with Crippen LogP contribution in [-0.2, 0) is 10.2 Å². The van der Waals surface area contributed by atoms with E-state index in [2.05, 4.69) is 0 Å². The van der Waals surface area contributed by atoms with Gasteiger partial charge in [0.15, 0.2) is 0 Å². The molecule has 1 unspecified atom stereocenters. The summed E-state index contributed by atoms with van der Waals surface area (Å²) in [5.41, 5.74) is -0.163. The van der Waals surface area contributed by atoms with Crippen LogP contribution in [0.25, 0.3) is 0 Å². The van der Waals surface area contributed by atoms with Gasteiger partial charge in [-0.25, -0.2) is 4.39 Å². The molecule has 14 heavy (non-hydrogen) atoms. The Bertz CT molecular complexity index is 351. The summed E-state index contributed by atoms with van der Waals surface area (Å²) in [5, 5.41) is -0.453. The quantitative estimate of drug-likeness (QED) is 0.706. The monoisotopic (exact) mass is 214 g/mol. The molecule has 76 valence electrons. The molecule has 0 amide bonds. The minimum atomic E-state index is -0.788. The summed E-state index contributed by atoms with van der Waals surface area (Å²) < 4.78 is 12.9. The third-order valence-corrected chi connectivity index (χ3v) is 3.02. The maximum absolute atomic E-state index is 12.9. The zero-order valence-corrected chi connectivity index (χ0v) is 8.94. The Hall–Kier alpha value is -0.890. The Kier molecular flexibility index (Phi) is 3.27. The Labute approximate surface area is 87.9 Å². The average Bonchev–Trinajstić information content (AvgIpc) is 2.16. The van der Waals surface area contributed by atoms with Crippen molar-refractivity contribution in [3.63, 3.8) is 0 Å². The fourth-order valence-corrected chi connectivity index (χ4v) is 1.53. The SMILES string of the molecule is CCC(C)(C(=O)Cl)c1cccc(F)c1. The van der Waals surface area contributed by atoms with E-state index in [1.165, 1.54) is 12.1 Å². The van der Waals surface area contributed by atoms with Crippen LogP contribution in [0.5, 0.6) is 0 Å². The molecule has 0 spiro atoms. The van der Waals surface area contributed by atoms with Crippen molar-refractivity contribution in [1.82, 2.24) is 0 Å². The van der Waals surface area contributed by atoms with Crippen molar-refractivity contribution in [2.75, 3.05) is 0 Å². The van der Waals surface area contributed by atoms with E-state index in [0.717, 1.165) is 0 Å². The van der Waals surface area contributed by atoms with Crippen molar-refractivity contribution < 1.29 is 9.18 Å². The van der Waals surface area contributed by atoms with E-state index in [0.29, 0.717) is 12.0 Å². The molecule has 1 rings (SSSR count). The molecule has 0 fully saturated rings. The van der Waals surface area contributed by atoms with E-state index < -0.39 is 10.7 Å².